The SMILES string of the molecule is O=C(CCC1CCCN(C(=O)c2ccc3ccccc3c2)C1)N1CCOCC1. The van der Waals surface area contributed by atoms with Crippen LogP contribution >= 0.6 is 0 Å². The lowest BCUT2D eigenvalue weighted by molar-refractivity contribution is -0.135. The van der Waals surface area contributed by atoms with Crippen LogP contribution in [0.5, 0.6) is 0 Å². The molecule has 0 aliphatic carbocycles. The van der Waals surface area contributed by atoms with E-state index < -0.39 is 0 Å². The van der Waals surface area contributed by atoms with Gasteiger partial charge in [-0.05, 0) is 48.1 Å². The van der Waals surface area contributed by atoms with E-state index in [1.165, 1.54) is 0 Å². The summed E-state index contributed by atoms with van der Waals surface area (Å²) in [5.41, 5.74) is 0.753. The number of ether oxygens (including phenoxy) is 1. The van der Waals surface area contributed by atoms with E-state index in [0.29, 0.717) is 38.6 Å². The van der Waals surface area contributed by atoms with Gasteiger partial charge < -0.3 is 14.5 Å². The lowest BCUT2D eigenvalue weighted by atomic mass is 9.92. The van der Waals surface area contributed by atoms with Gasteiger partial charge in [0.1, 0.15) is 0 Å². The van der Waals surface area contributed by atoms with E-state index >= 15 is 0 Å². The average Bonchev–Trinajstić information content (AvgIpc) is 2.77. The zero-order chi connectivity index (χ0) is 19.3. The number of piperidine rings is 1. The highest BCUT2D eigenvalue weighted by molar-refractivity contribution is 5.98. The summed E-state index contributed by atoms with van der Waals surface area (Å²) >= 11 is 0. The third-order valence-electron chi connectivity index (χ3n) is 5.93. The van der Waals surface area contributed by atoms with Crippen LogP contribution in [0.3, 0.4) is 0 Å². The van der Waals surface area contributed by atoms with Crippen molar-refractivity contribution in [3.05, 3.63) is 48.0 Å². The first-order valence-electron chi connectivity index (χ1n) is 10.3. The number of hydrogen-bond donors (Lipinski definition) is 0. The molecule has 2 fully saturated rings. The minimum absolute atomic E-state index is 0.106. The summed E-state index contributed by atoms with van der Waals surface area (Å²) in [6.07, 6.45) is 3.54. The predicted octanol–water partition coefficient (Wildman–Crippen LogP) is 3.33. The zero-order valence-electron chi connectivity index (χ0n) is 16.3. The summed E-state index contributed by atoms with van der Waals surface area (Å²) in [5.74, 6) is 0.736. The molecule has 0 radical (unpaired) electrons. The predicted molar refractivity (Wildman–Crippen MR) is 109 cm³/mol. The maximum atomic E-state index is 13.0. The Bertz CT molecular complexity index is 845. The molecule has 2 aromatic rings. The molecule has 148 valence electrons. The Labute approximate surface area is 166 Å². The fourth-order valence-corrected chi connectivity index (χ4v) is 4.29. The lowest BCUT2D eigenvalue weighted by Crippen LogP contribution is -2.42. The smallest absolute Gasteiger partial charge is 0.253 e. The second-order valence-corrected chi connectivity index (χ2v) is 7.85. The molecule has 2 heterocycles. The number of fused-ring (bicyclic) bond motifs is 1. The highest BCUT2D eigenvalue weighted by Gasteiger charge is 2.26. The molecule has 1 atom stereocenters. The Hall–Kier alpha value is -2.40. The van der Waals surface area contributed by atoms with E-state index in [4.69, 9.17) is 4.74 Å². The molecule has 0 bridgehead atoms. The largest absolute Gasteiger partial charge is 0.378 e. The third-order valence-corrected chi connectivity index (χ3v) is 5.93. The molecule has 2 aromatic carbocycles. The Morgan fingerprint density at radius 3 is 2.57 bits per heavy atom. The molecule has 0 aromatic heterocycles. The van der Waals surface area contributed by atoms with Crippen molar-refractivity contribution in [3.63, 3.8) is 0 Å². The monoisotopic (exact) mass is 380 g/mol. The van der Waals surface area contributed by atoms with Crippen molar-refractivity contribution >= 4 is 22.6 Å². The highest BCUT2D eigenvalue weighted by Crippen LogP contribution is 2.24. The van der Waals surface area contributed by atoms with Crippen LogP contribution in [0.25, 0.3) is 10.8 Å². The van der Waals surface area contributed by atoms with E-state index in [2.05, 4.69) is 6.07 Å². The number of hydrogen-bond acceptors (Lipinski definition) is 3. The first-order chi connectivity index (χ1) is 13.7. The molecule has 4 rings (SSSR count). The van der Waals surface area contributed by atoms with Crippen LogP contribution in [0.15, 0.2) is 42.5 Å². The van der Waals surface area contributed by atoms with Gasteiger partial charge in [-0.1, -0.05) is 30.3 Å². The van der Waals surface area contributed by atoms with Crippen molar-refractivity contribution in [1.82, 2.24) is 9.80 Å². The first kappa shape index (κ1) is 18.9. The van der Waals surface area contributed by atoms with E-state index in [9.17, 15) is 9.59 Å². The minimum atomic E-state index is 0.106. The second kappa shape index (κ2) is 8.74. The summed E-state index contributed by atoms with van der Waals surface area (Å²) in [6.45, 7) is 4.25. The summed E-state index contributed by atoms with van der Waals surface area (Å²) < 4.78 is 5.32. The van der Waals surface area contributed by atoms with E-state index in [1.54, 1.807) is 0 Å². The Kier molecular flexibility index (Phi) is 5.91. The first-order valence-corrected chi connectivity index (χ1v) is 10.3. The van der Waals surface area contributed by atoms with Gasteiger partial charge in [0.2, 0.25) is 5.91 Å². The van der Waals surface area contributed by atoms with E-state index in [0.717, 1.165) is 48.7 Å². The van der Waals surface area contributed by atoms with Gasteiger partial charge in [0, 0.05) is 38.2 Å². The number of morpholine rings is 1. The molecular weight excluding hydrogens is 352 g/mol. The molecule has 2 amide bonds. The Morgan fingerprint density at radius 2 is 1.75 bits per heavy atom. The van der Waals surface area contributed by atoms with Crippen LogP contribution in [-0.2, 0) is 9.53 Å². The summed E-state index contributed by atoms with van der Waals surface area (Å²) in [4.78, 5) is 29.3. The molecule has 2 aliphatic rings. The Balaban J connectivity index is 1.34. The van der Waals surface area contributed by atoms with Gasteiger partial charge in [0.25, 0.3) is 5.91 Å². The minimum Gasteiger partial charge on any atom is -0.378 e. The van der Waals surface area contributed by atoms with Crippen molar-refractivity contribution < 1.29 is 14.3 Å². The summed E-state index contributed by atoms with van der Waals surface area (Å²) in [7, 11) is 0. The third kappa shape index (κ3) is 4.36. The fraction of sp³-hybridized carbons (Fsp3) is 0.478. The van der Waals surface area contributed by atoms with Crippen LogP contribution < -0.4 is 0 Å². The van der Waals surface area contributed by atoms with Gasteiger partial charge in [0.15, 0.2) is 0 Å². The topological polar surface area (TPSA) is 49.9 Å². The Morgan fingerprint density at radius 1 is 0.964 bits per heavy atom. The lowest BCUT2D eigenvalue weighted by Gasteiger charge is -2.33. The van der Waals surface area contributed by atoms with Gasteiger partial charge in [-0.25, -0.2) is 0 Å². The number of carbonyl (C=O) groups is 2. The van der Waals surface area contributed by atoms with Crippen molar-refractivity contribution in [2.45, 2.75) is 25.7 Å². The number of amides is 2. The molecule has 2 aliphatic heterocycles. The maximum absolute atomic E-state index is 13.0. The van der Waals surface area contributed by atoms with Crippen molar-refractivity contribution in [3.8, 4) is 0 Å². The molecule has 1 unspecified atom stereocenters. The second-order valence-electron chi connectivity index (χ2n) is 7.85. The molecule has 0 saturated carbocycles. The summed E-state index contributed by atoms with van der Waals surface area (Å²) in [6, 6.07) is 14.1. The molecule has 0 N–H and O–H groups in total. The van der Waals surface area contributed by atoms with Crippen LogP contribution in [0.2, 0.25) is 0 Å². The zero-order valence-corrected chi connectivity index (χ0v) is 16.3. The van der Waals surface area contributed by atoms with Gasteiger partial charge >= 0.3 is 0 Å². The van der Waals surface area contributed by atoms with Crippen molar-refractivity contribution in [2.24, 2.45) is 5.92 Å². The van der Waals surface area contributed by atoms with Crippen molar-refractivity contribution in [1.29, 1.82) is 0 Å². The molecule has 5 nitrogen and oxygen atoms in total. The quantitative estimate of drug-likeness (QED) is 0.818. The van der Waals surface area contributed by atoms with Crippen LogP contribution in [0.1, 0.15) is 36.0 Å². The fourth-order valence-electron chi connectivity index (χ4n) is 4.29. The van der Waals surface area contributed by atoms with E-state index in [1.807, 2.05) is 46.2 Å². The van der Waals surface area contributed by atoms with Gasteiger partial charge in [-0.3, -0.25) is 9.59 Å². The van der Waals surface area contributed by atoms with Gasteiger partial charge in [0.05, 0.1) is 13.2 Å². The normalized spacial score (nSPS) is 20.4. The average molecular weight is 380 g/mol. The number of benzene rings is 2. The van der Waals surface area contributed by atoms with Crippen LogP contribution in [0.4, 0.5) is 0 Å². The molecule has 28 heavy (non-hydrogen) atoms. The van der Waals surface area contributed by atoms with Crippen LogP contribution in [-0.4, -0.2) is 61.0 Å². The van der Waals surface area contributed by atoms with Crippen LogP contribution in [0, 0.1) is 5.92 Å². The molecule has 5 heteroatoms. The molecule has 0 spiro atoms. The highest BCUT2D eigenvalue weighted by atomic mass is 16.5. The van der Waals surface area contributed by atoms with Gasteiger partial charge in [-0.2, -0.15) is 0 Å². The molecule has 2 saturated heterocycles. The maximum Gasteiger partial charge on any atom is 0.253 e. The van der Waals surface area contributed by atoms with E-state index in [-0.39, 0.29) is 11.8 Å². The van der Waals surface area contributed by atoms with Crippen molar-refractivity contribution in [2.75, 3.05) is 39.4 Å². The number of likely N-dealkylation sites (tertiary alicyclic amines) is 1. The van der Waals surface area contributed by atoms with Gasteiger partial charge in [-0.15, -0.1) is 0 Å². The number of nitrogens with zero attached hydrogens (tertiary/aromatic N) is 2. The number of rotatable bonds is 4. The molecular formula is C23H28N2O3. The standard InChI is InChI=1S/C23H28N2O3/c26-22(24-12-14-28-15-13-24)10-7-18-4-3-11-25(17-18)23(27)21-9-8-19-5-1-2-6-20(19)16-21/h1-2,5-6,8-9,16,18H,3-4,7,10-15,17H2. The number of carbonyl (C=O) groups excluding carboxylic acids is 2. The summed E-state index contributed by atoms with van der Waals surface area (Å²) in [5, 5.41) is 2.25.